The molecule has 0 atom stereocenters. The zero-order valence-corrected chi connectivity index (χ0v) is 11.0. The van der Waals surface area contributed by atoms with Crippen molar-refractivity contribution in [2.75, 3.05) is 0 Å². The van der Waals surface area contributed by atoms with Crippen molar-refractivity contribution in [1.29, 1.82) is 0 Å². The van der Waals surface area contributed by atoms with E-state index < -0.39 is 0 Å². The molecule has 1 aliphatic rings. The van der Waals surface area contributed by atoms with E-state index in [9.17, 15) is 5.11 Å². The number of aromatic hydroxyl groups is 1. The molecule has 1 saturated carbocycles. The molecule has 0 spiro atoms. The first kappa shape index (κ1) is 12.2. The summed E-state index contributed by atoms with van der Waals surface area (Å²) in [5, 5.41) is 9.50. The normalized spacial score (nSPS) is 18.1. The summed E-state index contributed by atoms with van der Waals surface area (Å²) >= 11 is 0. The molecule has 1 aromatic carbocycles. The van der Waals surface area contributed by atoms with Crippen molar-refractivity contribution in [3.8, 4) is 5.75 Å². The molecular weight excluding hydrogens is 234 g/mol. The molecular formula is C17H19NO. The van der Waals surface area contributed by atoms with Crippen LogP contribution in [-0.4, -0.2) is 10.1 Å². The van der Waals surface area contributed by atoms with Crippen LogP contribution in [0.5, 0.6) is 5.75 Å². The van der Waals surface area contributed by atoms with Crippen molar-refractivity contribution in [3.05, 3.63) is 59.9 Å². The number of phenolic OH excluding ortho intramolecular Hbond substituents is 1. The lowest BCUT2D eigenvalue weighted by Gasteiger charge is -2.38. The minimum absolute atomic E-state index is 0.106. The molecule has 1 aromatic heterocycles. The molecule has 2 aromatic rings. The van der Waals surface area contributed by atoms with Gasteiger partial charge in [-0.3, -0.25) is 4.98 Å². The Balaban J connectivity index is 2.09. The monoisotopic (exact) mass is 253 g/mol. The highest BCUT2D eigenvalue weighted by atomic mass is 16.3. The van der Waals surface area contributed by atoms with Gasteiger partial charge in [0.15, 0.2) is 0 Å². The van der Waals surface area contributed by atoms with Crippen LogP contribution >= 0.6 is 0 Å². The summed E-state index contributed by atoms with van der Waals surface area (Å²) in [6.07, 6.45) is 9.99. The summed E-state index contributed by atoms with van der Waals surface area (Å²) in [6.45, 7) is 0. The number of phenols is 1. The van der Waals surface area contributed by atoms with Gasteiger partial charge in [0, 0.05) is 17.8 Å². The largest absolute Gasteiger partial charge is 0.508 e. The van der Waals surface area contributed by atoms with E-state index in [1.165, 1.54) is 43.2 Å². The highest BCUT2D eigenvalue weighted by Crippen LogP contribution is 2.44. The van der Waals surface area contributed by atoms with Crippen molar-refractivity contribution >= 4 is 0 Å². The van der Waals surface area contributed by atoms with E-state index in [4.69, 9.17) is 0 Å². The predicted molar refractivity (Wildman–Crippen MR) is 76.2 cm³/mol. The molecule has 1 heterocycles. The zero-order chi connectivity index (χ0) is 13.1. The van der Waals surface area contributed by atoms with Crippen LogP contribution in [-0.2, 0) is 5.41 Å². The molecule has 1 aliphatic carbocycles. The van der Waals surface area contributed by atoms with E-state index in [-0.39, 0.29) is 5.41 Å². The quantitative estimate of drug-likeness (QED) is 0.876. The predicted octanol–water partition coefficient (Wildman–Crippen LogP) is 4.04. The third kappa shape index (κ3) is 2.23. The van der Waals surface area contributed by atoms with Crippen molar-refractivity contribution in [1.82, 2.24) is 4.98 Å². The van der Waals surface area contributed by atoms with E-state index >= 15 is 0 Å². The van der Waals surface area contributed by atoms with Crippen LogP contribution in [0.3, 0.4) is 0 Å². The Bertz CT molecular complexity index is 527. The Kier molecular flexibility index (Phi) is 3.24. The van der Waals surface area contributed by atoms with Gasteiger partial charge in [-0.2, -0.15) is 0 Å². The molecule has 98 valence electrons. The van der Waals surface area contributed by atoms with E-state index in [1.807, 2.05) is 12.4 Å². The minimum atomic E-state index is 0.106. The molecule has 0 aliphatic heterocycles. The standard InChI is InChI=1S/C17H19NO/c19-16-6-4-14(5-7-16)17(10-2-1-3-11-17)15-8-12-18-13-9-15/h4-9,12-13,19H,1-3,10-11H2. The number of benzene rings is 1. The van der Waals surface area contributed by atoms with E-state index in [0.717, 1.165) is 0 Å². The molecule has 3 rings (SSSR count). The van der Waals surface area contributed by atoms with Gasteiger partial charge >= 0.3 is 0 Å². The fourth-order valence-corrected chi connectivity index (χ4v) is 3.35. The van der Waals surface area contributed by atoms with Crippen LogP contribution in [0.25, 0.3) is 0 Å². The smallest absolute Gasteiger partial charge is 0.115 e. The third-order valence-corrected chi connectivity index (χ3v) is 4.36. The Morgan fingerprint density at radius 2 is 1.37 bits per heavy atom. The third-order valence-electron chi connectivity index (χ3n) is 4.36. The molecule has 2 nitrogen and oxygen atoms in total. The molecule has 0 amide bonds. The number of rotatable bonds is 2. The zero-order valence-electron chi connectivity index (χ0n) is 11.0. The highest BCUT2D eigenvalue weighted by molar-refractivity contribution is 5.41. The van der Waals surface area contributed by atoms with Gasteiger partial charge in [0.25, 0.3) is 0 Å². The number of hydrogen-bond donors (Lipinski definition) is 1. The van der Waals surface area contributed by atoms with Gasteiger partial charge in [-0.15, -0.1) is 0 Å². The number of hydrogen-bond acceptors (Lipinski definition) is 2. The lowest BCUT2D eigenvalue weighted by molar-refractivity contribution is 0.345. The van der Waals surface area contributed by atoms with Crippen LogP contribution in [0, 0.1) is 0 Å². The van der Waals surface area contributed by atoms with E-state index in [2.05, 4.69) is 29.2 Å². The van der Waals surface area contributed by atoms with Crippen molar-refractivity contribution in [2.24, 2.45) is 0 Å². The van der Waals surface area contributed by atoms with Crippen molar-refractivity contribution in [3.63, 3.8) is 0 Å². The Morgan fingerprint density at radius 1 is 0.789 bits per heavy atom. The summed E-state index contributed by atoms with van der Waals surface area (Å²) < 4.78 is 0. The average molecular weight is 253 g/mol. The number of nitrogens with zero attached hydrogens (tertiary/aromatic N) is 1. The van der Waals surface area contributed by atoms with Gasteiger partial charge in [-0.05, 0) is 48.2 Å². The molecule has 0 bridgehead atoms. The summed E-state index contributed by atoms with van der Waals surface area (Å²) in [5.74, 6) is 0.337. The lowest BCUT2D eigenvalue weighted by Crippen LogP contribution is -2.30. The number of aromatic nitrogens is 1. The van der Waals surface area contributed by atoms with Crippen LogP contribution in [0.4, 0.5) is 0 Å². The average Bonchev–Trinajstić information content (AvgIpc) is 2.49. The highest BCUT2D eigenvalue weighted by Gasteiger charge is 2.35. The maximum absolute atomic E-state index is 9.50. The van der Waals surface area contributed by atoms with Gasteiger partial charge in [0.1, 0.15) is 5.75 Å². The second-order valence-electron chi connectivity index (χ2n) is 5.43. The Hall–Kier alpha value is -1.83. The Morgan fingerprint density at radius 3 is 2.00 bits per heavy atom. The SMILES string of the molecule is Oc1ccc(C2(c3ccncc3)CCCCC2)cc1. The van der Waals surface area contributed by atoms with E-state index in [0.29, 0.717) is 5.75 Å². The molecule has 19 heavy (non-hydrogen) atoms. The summed E-state index contributed by atoms with van der Waals surface area (Å²) in [4.78, 5) is 4.14. The van der Waals surface area contributed by atoms with Gasteiger partial charge < -0.3 is 5.11 Å². The first-order valence-corrected chi connectivity index (χ1v) is 7.01. The Labute approximate surface area is 114 Å². The second-order valence-corrected chi connectivity index (χ2v) is 5.43. The van der Waals surface area contributed by atoms with Crippen LogP contribution in [0.2, 0.25) is 0 Å². The topological polar surface area (TPSA) is 33.1 Å². The summed E-state index contributed by atoms with van der Waals surface area (Å²) in [6, 6.07) is 12.0. The molecule has 0 unspecified atom stereocenters. The first-order chi connectivity index (χ1) is 9.31. The maximum Gasteiger partial charge on any atom is 0.115 e. The number of pyridine rings is 1. The minimum Gasteiger partial charge on any atom is -0.508 e. The van der Waals surface area contributed by atoms with Crippen molar-refractivity contribution in [2.45, 2.75) is 37.5 Å². The maximum atomic E-state index is 9.50. The summed E-state index contributed by atoms with van der Waals surface area (Å²) in [5.41, 5.74) is 2.78. The molecule has 0 saturated heterocycles. The summed E-state index contributed by atoms with van der Waals surface area (Å²) in [7, 11) is 0. The van der Waals surface area contributed by atoms with Gasteiger partial charge in [0.05, 0.1) is 0 Å². The van der Waals surface area contributed by atoms with Crippen LogP contribution < -0.4 is 0 Å². The first-order valence-electron chi connectivity index (χ1n) is 7.01. The lowest BCUT2D eigenvalue weighted by atomic mass is 9.65. The molecule has 1 N–H and O–H groups in total. The van der Waals surface area contributed by atoms with E-state index in [1.54, 1.807) is 12.1 Å². The van der Waals surface area contributed by atoms with Crippen molar-refractivity contribution < 1.29 is 5.11 Å². The molecule has 1 fully saturated rings. The molecule has 2 heteroatoms. The molecule has 0 radical (unpaired) electrons. The van der Waals surface area contributed by atoms with Gasteiger partial charge in [0.2, 0.25) is 0 Å². The fourth-order valence-electron chi connectivity index (χ4n) is 3.35. The van der Waals surface area contributed by atoms with Gasteiger partial charge in [-0.1, -0.05) is 31.4 Å². The second kappa shape index (κ2) is 5.04. The van der Waals surface area contributed by atoms with Gasteiger partial charge in [-0.25, -0.2) is 0 Å². The fraction of sp³-hybridized carbons (Fsp3) is 0.353. The van der Waals surface area contributed by atoms with Crippen LogP contribution in [0.1, 0.15) is 43.2 Å². The van der Waals surface area contributed by atoms with Crippen LogP contribution in [0.15, 0.2) is 48.8 Å².